The lowest BCUT2D eigenvalue weighted by Crippen LogP contribution is -2.10. The number of hydrogen-bond acceptors (Lipinski definition) is 2. The van der Waals surface area contributed by atoms with Crippen LogP contribution in [0.5, 0.6) is 0 Å². The van der Waals surface area contributed by atoms with E-state index in [1.165, 1.54) is 85.6 Å². The first kappa shape index (κ1) is 32.4. The number of aromatic nitrogens is 3. The molecule has 0 aliphatic rings. The fourth-order valence-electron chi connectivity index (χ4n) is 6.55. The van der Waals surface area contributed by atoms with Crippen molar-refractivity contribution in [3.8, 4) is 39.6 Å². The fraction of sp³-hybridized carbons (Fsp3) is 0.381. The standard InChI is InChI=1S/C42H51N3/c1-5-9-19-35-31-40(39(26-12-8-4)38(25-11-7-3)37(35)24-10-6-2)42-44-43-41(45(42)36-22-17-14-18-23-36)34-29-27-33(28-30-34)32-20-15-13-16-21-32/h13-18,20-23,27-31H,5-12,19,24-26H2,1-4H3. The lowest BCUT2D eigenvalue weighted by Gasteiger charge is -2.23. The third-order valence-corrected chi connectivity index (χ3v) is 9.07. The van der Waals surface area contributed by atoms with Gasteiger partial charge in [0.25, 0.3) is 0 Å². The van der Waals surface area contributed by atoms with Crippen LogP contribution >= 0.6 is 0 Å². The first-order chi connectivity index (χ1) is 22.2. The van der Waals surface area contributed by atoms with Gasteiger partial charge in [0.05, 0.1) is 0 Å². The van der Waals surface area contributed by atoms with Gasteiger partial charge in [-0.3, -0.25) is 4.57 Å². The average Bonchev–Trinajstić information content (AvgIpc) is 3.54. The molecule has 4 aromatic carbocycles. The summed E-state index contributed by atoms with van der Waals surface area (Å²) in [6.07, 6.45) is 14.2. The fourth-order valence-corrected chi connectivity index (χ4v) is 6.55. The van der Waals surface area contributed by atoms with Crippen molar-refractivity contribution in [2.75, 3.05) is 0 Å². The Morgan fingerprint density at radius 1 is 0.467 bits per heavy atom. The molecule has 0 aliphatic carbocycles. The van der Waals surface area contributed by atoms with Crippen LogP contribution in [-0.2, 0) is 25.7 Å². The Morgan fingerprint density at radius 2 is 0.956 bits per heavy atom. The van der Waals surface area contributed by atoms with E-state index < -0.39 is 0 Å². The van der Waals surface area contributed by atoms with Crippen LogP contribution in [0.15, 0.2) is 91.0 Å². The number of unbranched alkanes of at least 4 members (excludes halogenated alkanes) is 4. The number of aryl methyl sites for hydroxylation is 1. The minimum atomic E-state index is 0.887. The van der Waals surface area contributed by atoms with Gasteiger partial charge in [0.15, 0.2) is 11.6 Å². The van der Waals surface area contributed by atoms with Crippen LogP contribution in [0, 0.1) is 0 Å². The van der Waals surface area contributed by atoms with Gasteiger partial charge in [0.2, 0.25) is 0 Å². The predicted octanol–water partition coefficient (Wildman–Crippen LogP) is 11.6. The van der Waals surface area contributed by atoms with E-state index in [0.717, 1.165) is 42.2 Å². The molecule has 0 saturated heterocycles. The number of rotatable bonds is 16. The van der Waals surface area contributed by atoms with Crippen molar-refractivity contribution in [2.24, 2.45) is 0 Å². The van der Waals surface area contributed by atoms with Crippen molar-refractivity contribution in [1.82, 2.24) is 14.8 Å². The van der Waals surface area contributed by atoms with Crippen molar-refractivity contribution < 1.29 is 0 Å². The molecule has 0 amide bonds. The Balaban J connectivity index is 1.73. The molecule has 0 N–H and O–H groups in total. The largest absolute Gasteiger partial charge is 0.275 e. The summed E-state index contributed by atoms with van der Waals surface area (Å²) >= 11 is 0. The Hall–Kier alpha value is -3.98. The van der Waals surface area contributed by atoms with Crippen LogP contribution in [0.2, 0.25) is 0 Å². The zero-order valence-electron chi connectivity index (χ0n) is 28.0. The normalized spacial score (nSPS) is 11.3. The first-order valence-corrected chi connectivity index (χ1v) is 17.5. The minimum absolute atomic E-state index is 0.887. The van der Waals surface area contributed by atoms with Crippen molar-refractivity contribution in [1.29, 1.82) is 0 Å². The van der Waals surface area contributed by atoms with Crippen molar-refractivity contribution in [2.45, 2.75) is 105 Å². The van der Waals surface area contributed by atoms with E-state index in [9.17, 15) is 0 Å². The average molecular weight is 598 g/mol. The Bertz CT molecular complexity index is 1610. The van der Waals surface area contributed by atoms with E-state index in [1.807, 2.05) is 0 Å². The van der Waals surface area contributed by atoms with E-state index in [-0.39, 0.29) is 0 Å². The third kappa shape index (κ3) is 7.64. The van der Waals surface area contributed by atoms with Crippen molar-refractivity contribution in [3.05, 3.63) is 113 Å². The molecule has 3 heteroatoms. The number of hydrogen-bond donors (Lipinski definition) is 0. The maximum Gasteiger partial charge on any atom is 0.169 e. The van der Waals surface area contributed by atoms with Crippen LogP contribution < -0.4 is 0 Å². The summed E-state index contributed by atoms with van der Waals surface area (Å²) < 4.78 is 2.31. The van der Waals surface area contributed by atoms with Gasteiger partial charge < -0.3 is 0 Å². The van der Waals surface area contributed by atoms with Gasteiger partial charge in [0, 0.05) is 16.8 Å². The molecule has 0 unspecified atom stereocenters. The van der Waals surface area contributed by atoms with E-state index in [2.05, 4.69) is 123 Å². The van der Waals surface area contributed by atoms with Gasteiger partial charge in [-0.15, -0.1) is 10.2 Å². The second-order valence-electron chi connectivity index (χ2n) is 12.4. The van der Waals surface area contributed by atoms with Gasteiger partial charge in [-0.05, 0) is 103 Å². The number of para-hydroxylation sites is 1. The summed E-state index contributed by atoms with van der Waals surface area (Å²) in [7, 11) is 0. The summed E-state index contributed by atoms with van der Waals surface area (Å²) in [6, 6.07) is 32.6. The number of benzene rings is 4. The molecule has 1 aromatic heterocycles. The lowest BCUT2D eigenvalue weighted by atomic mass is 9.83. The van der Waals surface area contributed by atoms with Crippen LogP contribution in [-0.4, -0.2) is 14.8 Å². The molecule has 0 radical (unpaired) electrons. The molecule has 5 aromatic rings. The maximum atomic E-state index is 5.04. The van der Waals surface area contributed by atoms with Gasteiger partial charge >= 0.3 is 0 Å². The highest BCUT2D eigenvalue weighted by Crippen LogP contribution is 2.37. The van der Waals surface area contributed by atoms with Gasteiger partial charge in [-0.1, -0.05) is 126 Å². The van der Waals surface area contributed by atoms with E-state index in [4.69, 9.17) is 10.2 Å². The molecule has 0 spiro atoms. The third-order valence-electron chi connectivity index (χ3n) is 9.07. The van der Waals surface area contributed by atoms with Crippen LogP contribution in [0.1, 0.15) is 101 Å². The second kappa shape index (κ2) is 16.4. The van der Waals surface area contributed by atoms with Crippen molar-refractivity contribution >= 4 is 0 Å². The molecule has 0 fully saturated rings. The second-order valence-corrected chi connectivity index (χ2v) is 12.4. The molecule has 5 rings (SSSR count). The van der Waals surface area contributed by atoms with E-state index in [1.54, 1.807) is 11.1 Å². The van der Waals surface area contributed by atoms with Gasteiger partial charge in [-0.2, -0.15) is 0 Å². The first-order valence-electron chi connectivity index (χ1n) is 17.5. The summed E-state index contributed by atoms with van der Waals surface area (Å²) in [6.45, 7) is 9.25. The molecule has 0 aliphatic heterocycles. The Labute approximate surface area is 271 Å². The molecule has 234 valence electrons. The van der Waals surface area contributed by atoms with Crippen LogP contribution in [0.4, 0.5) is 0 Å². The van der Waals surface area contributed by atoms with Crippen LogP contribution in [0.25, 0.3) is 39.6 Å². The van der Waals surface area contributed by atoms with Crippen molar-refractivity contribution in [3.63, 3.8) is 0 Å². The predicted molar refractivity (Wildman–Crippen MR) is 192 cm³/mol. The highest BCUT2D eigenvalue weighted by molar-refractivity contribution is 5.73. The Kier molecular flexibility index (Phi) is 11.8. The summed E-state index contributed by atoms with van der Waals surface area (Å²) in [4.78, 5) is 0. The quantitative estimate of drug-likeness (QED) is 0.113. The summed E-state index contributed by atoms with van der Waals surface area (Å²) in [5, 5.41) is 9.97. The van der Waals surface area contributed by atoms with Gasteiger partial charge in [-0.25, -0.2) is 0 Å². The zero-order valence-corrected chi connectivity index (χ0v) is 28.0. The number of nitrogens with zero attached hydrogens (tertiary/aromatic N) is 3. The van der Waals surface area contributed by atoms with Gasteiger partial charge in [0.1, 0.15) is 0 Å². The van der Waals surface area contributed by atoms with E-state index >= 15 is 0 Å². The summed E-state index contributed by atoms with van der Waals surface area (Å²) in [5.41, 5.74) is 12.2. The molecule has 1 heterocycles. The molecular weight excluding hydrogens is 546 g/mol. The zero-order chi connectivity index (χ0) is 31.4. The lowest BCUT2D eigenvalue weighted by molar-refractivity contribution is 0.719. The highest BCUT2D eigenvalue weighted by Gasteiger charge is 2.24. The van der Waals surface area contributed by atoms with Crippen LogP contribution in [0.3, 0.4) is 0 Å². The molecular formula is C42H51N3. The minimum Gasteiger partial charge on any atom is -0.275 e. The van der Waals surface area contributed by atoms with E-state index in [0.29, 0.717) is 0 Å². The molecule has 0 bridgehead atoms. The Morgan fingerprint density at radius 3 is 1.58 bits per heavy atom. The monoisotopic (exact) mass is 597 g/mol. The highest BCUT2D eigenvalue weighted by atomic mass is 15.3. The SMILES string of the molecule is CCCCc1cc(-c2nnc(-c3ccc(-c4ccccc4)cc3)n2-c2ccccc2)c(CCCC)c(CCCC)c1CCCC. The maximum absolute atomic E-state index is 5.04. The molecule has 0 saturated carbocycles. The summed E-state index contributed by atoms with van der Waals surface area (Å²) in [5.74, 6) is 1.85. The molecule has 0 atom stereocenters. The molecule has 45 heavy (non-hydrogen) atoms. The smallest absolute Gasteiger partial charge is 0.169 e. The topological polar surface area (TPSA) is 30.7 Å². The molecule has 3 nitrogen and oxygen atoms in total.